The molecule has 6 rings (SSSR count). The summed E-state index contributed by atoms with van der Waals surface area (Å²) in [6.07, 6.45) is 19.5. The molecule has 3 aliphatic heterocycles. The summed E-state index contributed by atoms with van der Waals surface area (Å²) in [5, 5.41) is 0. The van der Waals surface area contributed by atoms with Crippen LogP contribution >= 0.6 is 0 Å². The molecule has 2 unspecified atom stereocenters. The van der Waals surface area contributed by atoms with Gasteiger partial charge in [-0.15, -0.1) is 0 Å². The van der Waals surface area contributed by atoms with E-state index in [9.17, 15) is 0 Å². The Morgan fingerprint density at radius 1 is 1.11 bits per heavy atom. The van der Waals surface area contributed by atoms with Gasteiger partial charge in [-0.1, -0.05) is 29.4 Å². The maximum absolute atomic E-state index is 4.66. The highest BCUT2D eigenvalue weighted by molar-refractivity contribution is 5.74. The Morgan fingerprint density at radius 3 is 2.85 bits per heavy atom. The van der Waals surface area contributed by atoms with Crippen molar-refractivity contribution in [3.8, 4) is 0 Å². The summed E-state index contributed by atoms with van der Waals surface area (Å²) in [5.74, 6) is 2.93. The summed E-state index contributed by atoms with van der Waals surface area (Å²) in [6, 6.07) is 0.564. The van der Waals surface area contributed by atoms with Gasteiger partial charge in [0.05, 0.1) is 6.04 Å². The molecule has 1 fully saturated rings. The van der Waals surface area contributed by atoms with Crippen molar-refractivity contribution in [1.82, 2.24) is 4.90 Å². The van der Waals surface area contributed by atoms with Crippen LogP contribution in [0.2, 0.25) is 0 Å². The van der Waals surface area contributed by atoms with Gasteiger partial charge >= 0.3 is 0 Å². The molecule has 1 saturated heterocycles. The molecule has 0 spiro atoms. The summed E-state index contributed by atoms with van der Waals surface area (Å²) in [4.78, 5) is 7.47. The molecular formula is C25H30N2. The van der Waals surface area contributed by atoms with E-state index < -0.39 is 0 Å². The fourth-order valence-corrected chi connectivity index (χ4v) is 6.65. The van der Waals surface area contributed by atoms with Gasteiger partial charge in [-0.05, 0) is 75.5 Å². The zero-order chi connectivity index (χ0) is 18.1. The third-order valence-electron chi connectivity index (χ3n) is 8.33. The number of aliphatic imine (C=N–C) groups is 1. The summed E-state index contributed by atoms with van der Waals surface area (Å²) in [5.41, 5.74) is 9.99. The Labute approximate surface area is 163 Å². The van der Waals surface area contributed by atoms with Crippen LogP contribution in [0.1, 0.15) is 52.4 Å². The first-order valence-corrected chi connectivity index (χ1v) is 11.0. The molecule has 6 aliphatic rings. The highest BCUT2D eigenvalue weighted by Gasteiger charge is 2.49. The summed E-state index contributed by atoms with van der Waals surface area (Å²) < 4.78 is 0. The van der Waals surface area contributed by atoms with Gasteiger partial charge < -0.3 is 4.90 Å². The Bertz CT molecular complexity index is 866. The van der Waals surface area contributed by atoms with Gasteiger partial charge in [0.15, 0.2) is 0 Å². The van der Waals surface area contributed by atoms with Crippen LogP contribution in [0.5, 0.6) is 0 Å². The first kappa shape index (κ1) is 16.2. The molecule has 0 bridgehead atoms. The van der Waals surface area contributed by atoms with Crippen molar-refractivity contribution in [1.29, 1.82) is 0 Å². The van der Waals surface area contributed by atoms with Gasteiger partial charge in [0.25, 0.3) is 0 Å². The molecule has 0 aromatic carbocycles. The molecule has 0 radical (unpaired) electrons. The van der Waals surface area contributed by atoms with Crippen LogP contribution in [0.25, 0.3) is 0 Å². The molecule has 27 heavy (non-hydrogen) atoms. The number of nitrogens with zero attached hydrogens (tertiary/aromatic N) is 2. The van der Waals surface area contributed by atoms with Crippen LogP contribution in [0.15, 0.2) is 63.0 Å². The standard InChI is InChI=1S/C25H30N2/c1-15-16(2)21(15)13-18-8-10-20-22-14-26-12-11-24(22)27-23-6-4-3-5-17(23)7-9-19(18)25(20)27/h3,5,7,11-12,18,20-23H,4,6,8-10,13-14H2,1-2H3/t18?,20-,22-,23?/m1/s1. The van der Waals surface area contributed by atoms with Gasteiger partial charge in [-0.25, -0.2) is 0 Å². The molecule has 0 N–H and O–H groups in total. The first-order valence-electron chi connectivity index (χ1n) is 11.0. The molecule has 2 heteroatoms. The van der Waals surface area contributed by atoms with Crippen LogP contribution in [0.4, 0.5) is 0 Å². The lowest BCUT2D eigenvalue weighted by Gasteiger charge is -2.38. The molecule has 0 aromatic heterocycles. The second-order valence-corrected chi connectivity index (χ2v) is 9.43. The smallest absolute Gasteiger partial charge is 0.0585 e. The fourth-order valence-electron chi connectivity index (χ4n) is 6.65. The van der Waals surface area contributed by atoms with Crippen molar-refractivity contribution in [2.75, 3.05) is 6.54 Å². The lowest BCUT2D eigenvalue weighted by atomic mass is 9.73. The van der Waals surface area contributed by atoms with Crippen LogP contribution in [-0.2, 0) is 0 Å². The minimum absolute atomic E-state index is 0.564. The van der Waals surface area contributed by atoms with Crippen molar-refractivity contribution >= 4 is 6.21 Å². The lowest BCUT2D eigenvalue weighted by Crippen LogP contribution is -2.35. The van der Waals surface area contributed by atoms with E-state index >= 15 is 0 Å². The highest BCUT2D eigenvalue weighted by Crippen LogP contribution is 2.56. The van der Waals surface area contributed by atoms with Crippen LogP contribution in [-0.4, -0.2) is 23.7 Å². The van der Waals surface area contributed by atoms with Crippen molar-refractivity contribution in [2.45, 2.75) is 58.4 Å². The normalized spacial score (nSPS) is 36.9. The lowest BCUT2D eigenvalue weighted by molar-refractivity contribution is 0.310. The van der Waals surface area contributed by atoms with Gasteiger partial charge in [0.1, 0.15) is 0 Å². The second-order valence-electron chi connectivity index (χ2n) is 9.43. The number of hydrogen-bond donors (Lipinski definition) is 0. The van der Waals surface area contributed by atoms with Gasteiger partial charge in [-0.2, -0.15) is 0 Å². The average Bonchev–Trinajstić information content (AvgIpc) is 3.17. The zero-order valence-corrected chi connectivity index (χ0v) is 16.6. The molecule has 3 heterocycles. The molecule has 140 valence electrons. The van der Waals surface area contributed by atoms with E-state index in [0.717, 1.165) is 18.4 Å². The van der Waals surface area contributed by atoms with E-state index in [1.165, 1.54) is 38.5 Å². The fraction of sp³-hybridized carbons (Fsp3) is 0.560. The van der Waals surface area contributed by atoms with Crippen molar-refractivity contribution in [2.24, 2.45) is 28.7 Å². The zero-order valence-electron chi connectivity index (χ0n) is 16.6. The third-order valence-corrected chi connectivity index (χ3v) is 8.33. The third kappa shape index (κ3) is 2.28. The van der Waals surface area contributed by atoms with Gasteiger partial charge in [-0.3, -0.25) is 4.99 Å². The Hall–Kier alpha value is -1.83. The molecule has 0 saturated carbocycles. The molecule has 3 aliphatic carbocycles. The SMILES string of the molecule is CC1=C(C)C1CC1CC[C@H]2C3=C1CC=C1C=CCCC1N3C1=CC=NC[C@@H]12. The minimum Gasteiger partial charge on any atom is -0.341 e. The van der Waals surface area contributed by atoms with Crippen molar-refractivity contribution < 1.29 is 0 Å². The van der Waals surface area contributed by atoms with E-state index in [0.29, 0.717) is 17.9 Å². The monoisotopic (exact) mass is 358 g/mol. The van der Waals surface area contributed by atoms with Crippen LogP contribution in [0.3, 0.4) is 0 Å². The number of allylic oxidation sites excluding steroid dienone is 7. The number of dihydropyridines is 1. The van der Waals surface area contributed by atoms with E-state index in [1.54, 1.807) is 33.7 Å². The summed E-state index contributed by atoms with van der Waals surface area (Å²) in [6.45, 7) is 5.69. The Balaban J connectivity index is 1.45. The number of rotatable bonds is 2. The number of fused-ring (bicyclic) bond motifs is 5. The molecular weight excluding hydrogens is 328 g/mol. The van der Waals surface area contributed by atoms with E-state index in [1.807, 2.05) is 0 Å². The predicted octanol–water partition coefficient (Wildman–Crippen LogP) is 5.57. The summed E-state index contributed by atoms with van der Waals surface area (Å²) >= 11 is 0. The van der Waals surface area contributed by atoms with Gasteiger partial charge in [0.2, 0.25) is 0 Å². The Kier molecular flexibility index (Phi) is 3.49. The van der Waals surface area contributed by atoms with Crippen molar-refractivity contribution in [3.05, 3.63) is 58.0 Å². The van der Waals surface area contributed by atoms with E-state index in [-0.39, 0.29) is 0 Å². The maximum atomic E-state index is 4.66. The summed E-state index contributed by atoms with van der Waals surface area (Å²) in [7, 11) is 0. The van der Waals surface area contributed by atoms with E-state index in [4.69, 9.17) is 0 Å². The first-order chi connectivity index (χ1) is 13.2. The largest absolute Gasteiger partial charge is 0.341 e. The van der Waals surface area contributed by atoms with Gasteiger partial charge in [0, 0.05) is 41.9 Å². The molecule has 4 atom stereocenters. The number of hydrogen-bond acceptors (Lipinski definition) is 2. The Morgan fingerprint density at radius 2 is 2.00 bits per heavy atom. The van der Waals surface area contributed by atoms with Crippen LogP contribution < -0.4 is 0 Å². The second kappa shape index (κ2) is 5.83. The molecule has 2 nitrogen and oxygen atoms in total. The molecule has 0 aromatic rings. The molecule has 0 amide bonds. The quantitative estimate of drug-likeness (QED) is 0.589. The topological polar surface area (TPSA) is 15.6 Å². The maximum Gasteiger partial charge on any atom is 0.0585 e. The minimum atomic E-state index is 0.564. The van der Waals surface area contributed by atoms with Crippen molar-refractivity contribution in [3.63, 3.8) is 0 Å². The predicted molar refractivity (Wildman–Crippen MR) is 111 cm³/mol. The van der Waals surface area contributed by atoms with Crippen LogP contribution in [0, 0.1) is 23.7 Å². The highest BCUT2D eigenvalue weighted by atomic mass is 15.2. The average molecular weight is 359 g/mol. The van der Waals surface area contributed by atoms with E-state index in [2.05, 4.69) is 54.3 Å².